The van der Waals surface area contributed by atoms with E-state index in [1.165, 1.54) is 0 Å². The molecule has 1 fully saturated rings. The number of H-pyrrole nitrogens is 1. The predicted octanol–water partition coefficient (Wildman–Crippen LogP) is 2.21. The topological polar surface area (TPSA) is 76.8 Å². The number of nitrogens with two attached hydrogens (primary N) is 1. The second-order valence-corrected chi connectivity index (χ2v) is 4.62. The van der Waals surface area contributed by atoms with Crippen LogP contribution >= 0.6 is 0 Å². The first-order valence-corrected chi connectivity index (χ1v) is 6.14. The molecule has 0 aliphatic carbocycles. The van der Waals surface area contributed by atoms with Crippen molar-refractivity contribution in [2.24, 2.45) is 0 Å². The summed E-state index contributed by atoms with van der Waals surface area (Å²) >= 11 is 0. The van der Waals surface area contributed by atoms with Gasteiger partial charge in [0, 0.05) is 17.9 Å². The van der Waals surface area contributed by atoms with Gasteiger partial charge in [-0.15, -0.1) is 0 Å². The van der Waals surface area contributed by atoms with Crippen molar-refractivity contribution in [1.82, 2.24) is 15.2 Å². The summed E-state index contributed by atoms with van der Waals surface area (Å²) in [5.74, 6) is 1.51. The minimum atomic E-state index is 0.0705. The number of nitrogens with one attached hydrogen (secondary N) is 1. The summed E-state index contributed by atoms with van der Waals surface area (Å²) in [5, 5.41) is 7.21. The van der Waals surface area contributed by atoms with Crippen LogP contribution in [0.1, 0.15) is 30.3 Å². The highest BCUT2D eigenvalue weighted by atomic mass is 16.5. The van der Waals surface area contributed by atoms with Crippen LogP contribution in [0.2, 0.25) is 0 Å². The molecule has 3 rings (SSSR count). The van der Waals surface area contributed by atoms with Gasteiger partial charge in [0.15, 0.2) is 11.6 Å². The van der Waals surface area contributed by atoms with E-state index in [9.17, 15) is 0 Å². The SMILES string of the molecule is Cc1cc(-c2n[nH]c(C3CCCO3)n2)ccc1N. The zero-order valence-corrected chi connectivity index (χ0v) is 10.3. The third-order valence-electron chi connectivity index (χ3n) is 3.27. The van der Waals surface area contributed by atoms with E-state index < -0.39 is 0 Å². The first kappa shape index (κ1) is 11.2. The quantitative estimate of drug-likeness (QED) is 0.794. The van der Waals surface area contributed by atoms with Crippen molar-refractivity contribution >= 4 is 5.69 Å². The Morgan fingerprint density at radius 2 is 2.33 bits per heavy atom. The molecular formula is C13H16N4O. The van der Waals surface area contributed by atoms with E-state index in [4.69, 9.17) is 10.5 Å². The monoisotopic (exact) mass is 244 g/mol. The van der Waals surface area contributed by atoms with Crippen LogP contribution in [0.25, 0.3) is 11.4 Å². The summed E-state index contributed by atoms with van der Waals surface area (Å²) in [6.07, 6.45) is 2.16. The van der Waals surface area contributed by atoms with E-state index in [0.29, 0.717) is 5.82 Å². The van der Waals surface area contributed by atoms with Crippen molar-refractivity contribution in [3.05, 3.63) is 29.6 Å². The smallest absolute Gasteiger partial charge is 0.181 e. The number of ether oxygens (including phenoxy) is 1. The number of nitrogen functional groups attached to an aromatic ring is 1. The van der Waals surface area contributed by atoms with Gasteiger partial charge in [-0.3, -0.25) is 5.10 Å². The lowest BCUT2D eigenvalue weighted by Crippen LogP contribution is -1.98. The van der Waals surface area contributed by atoms with Crippen molar-refractivity contribution in [3.63, 3.8) is 0 Å². The van der Waals surface area contributed by atoms with Crippen LogP contribution in [0, 0.1) is 6.92 Å². The third kappa shape index (κ3) is 1.97. The molecule has 2 aromatic rings. The maximum Gasteiger partial charge on any atom is 0.181 e. The molecule has 2 heterocycles. The summed E-state index contributed by atoms with van der Waals surface area (Å²) in [6.45, 7) is 2.79. The molecule has 1 saturated heterocycles. The number of aromatic nitrogens is 3. The largest absolute Gasteiger partial charge is 0.399 e. The van der Waals surface area contributed by atoms with E-state index in [2.05, 4.69) is 15.2 Å². The highest BCUT2D eigenvalue weighted by Crippen LogP contribution is 2.27. The molecule has 1 aromatic carbocycles. The predicted molar refractivity (Wildman–Crippen MR) is 68.9 cm³/mol. The first-order valence-electron chi connectivity index (χ1n) is 6.14. The highest BCUT2D eigenvalue weighted by molar-refractivity contribution is 5.61. The molecule has 1 aromatic heterocycles. The fraction of sp³-hybridized carbons (Fsp3) is 0.385. The van der Waals surface area contributed by atoms with Gasteiger partial charge < -0.3 is 10.5 Å². The summed E-state index contributed by atoms with van der Waals surface area (Å²) in [6, 6.07) is 5.81. The fourth-order valence-electron chi connectivity index (χ4n) is 2.16. The lowest BCUT2D eigenvalue weighted by Gasteiger charge is -2.03. The second kappa shape index (κ2) is 4.42. The van der Waals surface area contributed by atoms with Crippen molar-refractivity contribution in [1.29, 1.82) is 0 Å². The first-order chi connectivity index (χ1) is 8.74. The van der Waals surface area contributed by atoms with E-state index in [0.717, 1.165) is 42.1 Å². The van der Waals surface area contributed by atoms with Crippen LogP contribution in [0.4, 0.5) is 5.69 Å². The van der Waals surface area contributed by atoms with E-state index in [1.807, 2.05) is 25.1 Å². The summed E-state index contributed by atoms with van der Waals surface area (Å²) < 4.78 is 5.58. The zero-order chi connectivity index (χ0) is 12.5. The third-order valence-corrected chi connectivity index (χ3v) is 3.27. The molecule has 18 heavy (non-hydrogen) atoms. The summed E-state index contributed by atoms with van der Waals surface area (Å²) in [4.78, 5) is 4.50. The van der Waals surface area contributed by atoms with Gasteiger partial charge in [-0.25, -0.2) is 4.98 Å². The Morgan fingerprint density at radius 1 is 1.44 bits per heavy atom. The average Bonchev–Trinajstić information content (AvgIpc) is 3.01. The standard InChI is InChI=1S/C13H16N4O/c1-8-7-9(4-5-10(8)14)12-15-13(17-16-12)11-3-2-6-18-11/h4-5,7,11H,2-3,6,14H2,1H3,(H,15,16,17). The highest BCUT2D eigenvalue weighted by Gasteiger charge is 2.21. The van der Waals surface area contributed by atoms with Gasteiger partial charge in [0.05, 0.1) is 0 Å². The second-order valence-electron chi connectivity index (χ2n) is 4.62. The summed E-state index contributed by atoms with van der Waals surface area (Å²) in [7, 11) is 0. The zero-order valence-electron chi connectivity index (χ0n) is 10.3. The molecule has 0 saturated carbocycles. The normalized spacial score (nSPS) is 19.3. The number of anilines is 1. The minimum absolute atomic E-state index is 0.0705. The molecule has 5 nitrogen and oxygen atoms in total. The number of hydrogen-bond donors (Lipinski definition) is 2. The number of nitrogens with zero attached hydrogens (tertiary/aromatic N) is 2. The Hall–Kier alpha value is -1.88. The van der Waals surface area contributed by atoms with Crippen LogP contribution in [0.15, 0.2) is 18.2 Å². The molecule has 3 N–H and O–H groups in total. The van der Waals surface area contributed by atoms with Crippen molar-refractivity contribution in [2.45, 2.75) is 25.9 Å². The van der Waals surface area contributed by atoms with Crippen LogP contribution in [0.5, 0.6) is 0 Å². The molecule has 1 unspecified atom stereocenters. The molecule has 0 radical (unpaired) electrons. The Kier molecular flexibility index (Phi) is 2.76. The molecule has 0 amide bonds. The Labute approximate surface area is 105 Å². The molecule has 5 heteroatoms. The molecule has 1 aliphatic heterocycles. The molecule has 0 spiro atoms. The van der Waals surface area contributed by atoms with E-state index in [1.54, 1.807) is 0 Å². The van der Waals surface area contributed by atoms with Crippen molar-refractivity contribution in [2.75, 3.05) is 12.3 Å². The number of rotatable bonds is 2. The fourth-order valence-corrected chi connectivity index (χ4v) is 2.16. The lowest BCUT2D eigenvalue weighted by atomic mass is 10.1. The van der Waals surface area contributed by atoms with Gasteiger partial charge in [0.1, 0.15) is 6.10 Å². The van der Waals surface area contributed by atoms with Crippen LogP contribution < -0.4 is 5.73 Å². The Morgan fingerprint density at radius 3 is 3.06 bits per heavy atom. The molecule has 1 atom stereocenters. The molecule has 0 bridgehead atoms. The van der Waals surface area contributed by atoms with Gasteiger partial charge in [0.2, 0.25) is 0 Å². The Balaban J connectivity index is 1.89. The van der Waals surface area contributed by atoms with Crippen molar-refractivity contribution in [3.8, 4) is 11.4 Å². The number of benzene rings is 1. The van der Waals surface area contributed by atoms with E-state index in [-0.39, 0.29) is 6.10 Å². The van der Waals surface area contributed by atoms with Crippen LogP contribution in [-0.4, -0.2) is 21.8 Å². The number of hydrogen-bond acceptors (Lipinski definition) is 4. The number of aromatic amines is 1. The lowest BCUT2D eigenvalue weighted by molar-refractivity contribution is 0.105. The maximum atomic E-state index is 5.80. The summed E-state index contributed by atoms with van der Waals surface area (Å²) in [5.41, 5.74) is 8.60. The number of aryl methyl sites for hydroxylation is 1. The van der Waals surface area contributed by atoms with Crippen LogP contribution in [0.3, 0.4) is 0 Å². The van der Waals surface area contributed by atoms with Gasteiger partial charge in [0.25, 0.3) is 0 Å². The molecule has 94 valence electrons. The van der Waals surface area contributed by atoms with Crippen LogP contribution in [-0.2, 0) is 4.74 Å². The van der Waals surface area contributed by atoms with Gasteiger partial charge in [-0.2, -0.15) is 5.10 Å². The van der Waals surface area contributed by atoms with Crippen molar-refractivity contribution < 1.29 is 4.74 Å². The molecule has 1 aliphatic rings. The van der Waals surface area contributed by atoms with Gasteiger partial charge >= 0.3 is 0 Å². The average molecular weight is 244 g/mol. The van der Waals surface area contributed by atoms with Gasteiger partial charge in [-0.1, -0.05) is 0 Å². The maximum absolute atomic E-state index is 5.80. The molecular weight excluding hydrogens is 228 g/mol. The Bertz CT molecular complexity index is 558. The van der Waals surface area contributed by atoms with E-state index >= 15 is 0 Å². The van der Waals surface area contributed by atoms with Gasteiger partial charge in [-0.05, 0) is 43.5 Å². The minimum Gasteiger partial charge on any atom is -0.399 e.